The second-order valence-electron chi connectivity index (χ2n) is 4.90. The standard InChI is InChI=1S/C13H19N3O3S/c1-10-14-11(9-20-10)8-12(17)16-6-4-15(5-7-16)3-2-13(18)19/h9H,2-8H2,1H3,(H,18,19). The van der Waals surface area contributed by atoms with Gasteiger partial charge in [-0.25, -0.2) is 4.98 Å². The predicted octanol–water partition coefficient (Wildman–Crippen LogP) is 0.613. The number of amides is 1. The molecular weight excluding hydrogens is 278 g/mol. The van der Waals surface area contributed by atoms with Gasteiger partial charge in [0.25, 0.3) is 0 Å². The quantitative estimate of drug-likeness (QED) is 0.862. The van der Waals surface area contributed by atoms with Crippen LogP contribution in [0.4, 0.5) is 0 Å². The molecule has 1 saturated heterocycles. The largest absolute Gasteiger partial charge is 0.481 e. The van der Waals surface area contributed by atoms with E-state index in [2.05, 4.69) is 9.88 Å². The van der Waals surface area contributed by atoms with E-state index in [9.17, 15) is 9.59 Å². The Morgan fingerprint density at radius 2 is 2.05 bits per heavy atom. The molecule has 1 aromatic heterocycles. The van der Waals surface area contributed by atoms with Crippen LogP contribution in [0.1, 0.15) is 17.1 Å². The summed E-state index contributed by atoms with van der Waals surface area (Å²) in [4.78, 5) is 30.9. The van der Waals surface area contributed by atoms with Gasteiger partial charge in [-0.15, -0.1) is 11.3 Å². The van der Waals surface area contributed by atoms with E-state index >= 15 is 0 Å². The molecule has 1 amide bonds. The molecule has 20 heavy (non-hydrogen) atoms. The fraction of sp³-hybridized carbons (Fsp3) is 0.615. The molecule has 0 aliphatic carbocycles. The fourth-order valence-corrected chi connectivity index (χ4v) is 2.84. The molecule has 0 saturated carbocycles. The van der Waals surface area contributed by atoms with Crippen molar-refractivity contribution in [2.75, 3.05) is 32.7 Å². The first-order chi connectivity index (χ1) is 9.54. The summed E-state index contributed by atoms with van der Waals surface area (Å²) in [5.41, 5.74) is 0.839. The Morgan fingerprint density at radius 1 is 1.35 bits per heavy atom. The topological polar surface area (TPSA) is 73.7 Å². The second-order valence-corrected chi connectivity index (χ2v) is 5.96. The first-order valence-electron chi connectivity index (χ1n) is 6.67. The lowest BCUT2D eigenvalue weighted by atomic mass is 10.2. The number of hydrogen-bond acceptors (Lipinski definition) is 5. The monoisotopic (exact) mass is 297 g/mol. The maximum Gasteiger partial charge on any atom is 0.304 e. The zero-order valence-electron chi connectivity index (χ0n) is 11.5. The number of carboxylic acid groups (broad SMARTS) is 1. The van der Waals surface area contributed by atoms with Gasteiger partial charge in [0.05, 0.1) is 23.5 Å². The van der Waals surface area contributed by atoms with Gasteiger partial charge in [-0.3, -0.25) is 14.5 Å². The average Bonchev–Trinajstić information content (AvgIpc) is 2.82. The van der Waals surface area contributed by atoms with Gasteiger partial charge in [-0.05, 0) is 6.92 Å². The van der Waals surface area contributed by atoms with E-state index in [1.165, 1.54) is 0 Å². The zero-order valence-corrected chi connectivity index (χ0v) is 12.4. The number of carbonyl (C=O) groups excluding carboxylic acids is 1. The van der Waals surface area contributed by atoms with E-state index in [4.69, 9.17) is 5.11 Å². The maximum atomic E-state index is 12.1. The summed E-state index contributed by atoms with van der Waals surface area (Å²) in [5.74, 6) is -0.671. The Morgan fingerprint density at radius 3 is 2.60 bits per heavy atom. The number of hydrogen-bond donors (Lipinski definition) is 1. The lowest BCUT2D eigenvalue weighted by Gasteiger charge is -2.34. The SMILES string of the molecule is Cc1nc(CC(=O)N2CCN(CCC(=O)O)CC2)cs1. The molecule has 0 aromatic carbocycles. The highest BCUT2D eigenvalue weighted by Crippen LogP contribution is 2.11. The highest BCUT2D eigenvalue weighted by molar-refractivity contribution is 7.09. The number of aryl methyl sites for hydroxylation is 1. The summed E-state index contributed by atoms with van der Waals surface area (Å²) in [7, 11) is 0. The van der Waals surface area contributed by atoms with Gasteiger partial charge in [0.2, 0.25) is 5.91 Å². The summed E-state index contributed by atoms with van der Waals surface area (Å²) >= 11 is 1.56. The number of aliphatic carboxylic acids is 1. The Bertz CT molecular complexity index is 481. The van der Waals surface area contributed by atoms with Crippen LogP contribution >= 0.6 is 11.3 Å². The molecule has 7 heteroatoms. The third-order valence-corrected chi connectivity index (χ3v) is 4.19. The van der Waals surface area contributed by atoms with Crippen molar-refractivity contribution in [2.24, 2.45) is 0 Å². The van der Waals surface area contributed by atoms with E-state index in [0.29, 0.717) is 26.1 Å². The third-order valence-electron chi connectivity index (χ3n) is 3.37. The number of thiazole rings is 1. The Labute approximate surface area is 122 Å². The van der Waals surface area contributed by atoms with Crippen molar-refractivity contribution in [3.05, 3.63) is 16.1 Å². The van der Waals surface area contributed by atoms with Crippen LogP contribution in [-0.2, 0) is 16.0 Å². The van der Waals surface area contributed by atoms with Crippen molar-refractivity contribution in [1.82, 2.24) is 14.8 Å². The molecule has 2 heterocycles. The summed E-state index contributed by atoms with van der Waals surface area (Å²) in [6.45, 7) is 5.32. The second kappa shape index (κ2) is 6.81. The number of piperazine rings is 1. The van der Waals surface area contributed by atoms with Crippen molar-refractivity contribution in [3.63, 3.8) is 0 Å². The van der Waals surface area contributed by atoms with E-state index in [1.54, 1.807) is 11.3 Å². The Hall–Kier alpha value is -1.47. The molecule has 1 aliphatic rings. The number of nitrogens with zero attached hydrogens (tertiary/aromatic N) is 3. The highest BCUT2D eigenvalue weighted by atomic mass is 32.1. The molecule has 0 radical (unpaired) electrons. The van der Waals surface area contributed by atoms with Crippen molar-refractivity contribution < 1.29 is 14.7 Å². The summed E-state index contributed by atoms with van der Waals surface area (Å²) in [6.07, 6.45) is 0.519. The fourth-order valence-electron chi connectivity index (χ4n) is 2.23. The molecule has 0 bridgehead atoms. The van der Waals surface area contributed by atoms with Gasteiger partial charge in [0.1, 0.15) is 0 Å². The Kier molecular flexibility index (Phi) is 5.08. The Balaban J connectivity index is 1.75. The molecule has 0 atom stereocenters. The minimum atomic E-state index is -0.776. The highest BCUT2D eigenvalue weighted by Gasteiger charge is 2.21. The number of carboxylic acids is 1. The molecule has 6 nitrogen and oxygen atoms in total. The number of rotatable bonds is 5. The van der Waals surface area contributed by atoms with Crippen LogP contribution in [-0.4, -0.2) is 64.5 Å². The van der Waals surface area contributed by atoms with Crippen LogP contribution < -0.4 is 0 Å². The van der Waals surface area contributed by atoms with Crippen LogP contribution in [0.15, 0.2) is 5.38 Å². The first-order valence-corrected chi connectivity index (χ1v) is 7.55. The van der Waals surface area contributed by atoms with Crippen molar-refractivity contribution in [2.45, 2.75) is 19.8 Å². The van der Waals surface area contributed by atoms with Crippen molar-refractivity contribution >= 4 is 23.2 Å². The molecule has 1 aromatic rings. The molecule has 1 aliphatic heterocycles. The van der Waals surface area contributed by atoms with Gasteiger partial charge >= 0.3 is 5.97 Å². The zero-order chi connectivity index (χ0) is 14.5. The lowest BCUT2D eigenvalue weighted by molar-refractivity contribution is -0.138. The molecule has 0 unspecified atom stereocenters. The summed E-state index contributed by atoms with van der Waals surface area (Å²) in [6, 6.07) is 0. The maximum absolute atomic E-state index is 12.1. The lowest BCUT2D eigenvalue weighted by Crippen LogP contribution is -2.49. The van der Waals surface area contributed by atoms with Gasteiger partial charge in [0.15, 0.2) is 0 Å². The molecule has 2 rings (SSSR count). The van der Waals surface area contributed by atoms with Crippen molar-refractivity contribution in [3.8, 4) is 0 Å². The van der Waals surface area contributed by atoms with E-state index in [-0.39, 0.29) is 12.3 Å². The van der Waals surface area contributed by atoms with E-state index < -0.39 is 5.97 Å². The number of carbonyl (C=O) groups is 2. The van der Waals surface area contributed by atoms with Crippen LogP contribution in [0.2, 0.25) is 0 Å². The molecule has 0 spiro atoms. The van der Waals surface area contributed by atoms with Crippen LogP contribution in [0.3, 0.4) is 0 Å². The van der Waals surface area contributed by atoms with Gasteiger partial charge in [-0.1, -0.05) is 0 Å². The van der Waals surface area contributed by atoms with Crippen molar-refractivity contribution in [1.29, 1.82) is 0 Å². The van der Waals surface area contributed by atoms with E-state index in [1.807, 2.05) is 17.2 Å². The molecule has 110 valence electrons. The van der Waals surface area contributed by atoms with Gasteiger partial charge in [0, 0.05) is 38.1 Å². The predicted molar refractivity (Wildman–Crippen MR) is 75.8 cm³/mol. The van der Waals surface area contributed by atoms with Gasteiger partial charge in [-0.2, -0.15) is 0 Å². The summed E-state index contributed by atoms with van der Waals surface area (Å²) in [5, 5.41) is 11.6. The van der Waals surface area contributed by atoms with E-state index in [0.717, 1.165) is 23.8 Å². The van der Waals surface area contributed by atoms with Gasteiger partial charge < -0.3 is 10.0 Å². The molecule has 1 N–H and O–H groups in total. The summed E-state index contributed by atoms with van der Waals surface area (Å²) < 4.78 is 0. The number of aromatic nitrogens is 1. The molecular formula is C13H19N3O3S. The smallest absolute Gasteiger partial charge is 0.304 e. The molecule has 1 fully saturated rings. The average molecular weight is 297 g/mol. The van der Waals surface area contributed by atoms with Crippen LogP contribution in [0.25, 0.3) is 0 Å². The minimum Gasteiger partial charge on any atom is -0.481 e. The first kappa shape index (κ1) is 14.9. The minimum absolute atomic E-state index is 0.105. The normalized spacial score (nSPS) is 16.4. The third kappa shape index (κ3) is 4.28. The van der Waals surface area contributed by atoms with Crippen LogP contribution in [0.5, 0.6) is 0 Å². The van der Waals surface area contributed by atoms with Crippen LogP contribution in [0, 0.1) is 6.92 Å².